The Morgan fingerprint density at radius 3 is 2.50 bits per heavy atom. The predicted molar refractivity (Wildman–Crippen MR) is 111 cm³/mol. The Kier molecular flexibility index (Phi) is 5.59. The summed E-state index contributed by atoms with van der Waals surface area (Å²) in [6.45, 7) is 2.40. The van der Waals surface area contributed by atoms with E-state index in [9.17, 15) is 13.2 Å². The van der Waals surface area contributed by atoms with Crippen molar-refractivity contribution < 1.29 is 17.7 Å². The number of anilines is 1. The molecule has 3 aromatic rings. The molecule has 1 fully saturated rings. The number of nitrogens with one attached hydrogen (secondary N) is 1. The summed E-state index contributed by atoms with van der Waals surface area (Å²) in [4.78, 5) is 16.7. The lowest BCUT2D eigenvalue weighted by Gasteiger charge is -2.16. The Hall–Kier alpha value is -2.75. The quantitative estimate of drug-likeness (QED) is 0.643. The molecule has 1 aromatic heterocycles. The highest BCUT2D eigenvalue weighted by Crippen LogP contribution is 2.30. The lowest BCUT2D eigenvalue weighted by Crippen LogP contribution is -2.28. The molecule has 4 rings (SSSR count). The summed E-state index contributed by atoms with van der Waals surface area (Å²) in [5.74, 6) is 0.575. The summed E-state index contributed by atoms with van der Waals surface area (Å²) in [7, 11) is -3.66. The molecule has 1 unspecified atom stereocenters. The van der Waals surface area contributed by atoms with Gasteiger partial charge in [0, 0.05) is 29.4 Å². The van der Waals surface area contributed by atoms with E-state index in [2.05, 4.69) is 15.5 Å². The summed E-state index contributed by atoms with van der Waals surface area (Å²) in [5, 5.41) is 7.05. The van der Waals surface area contributed by atoms with E-state index in [1.54, 1.807) is 43.3 Å². The fraction of sp³-hybridized carbons (Fsp3) is 0.250. The second kappa shape index (κ2) is 8.17. The molecule has 30 heavy (non-hydrogen) atoms. The fourth-order valence-electron chi connectivity index (χ4n) is 3.29. The molecule has 0 spiro atoms. The van der Waals surface area contributed by atoms with Gasteiger partial charge >= 0.3 is 0 Å². The molecular formula is C20H19ClN4O4S. The average molecular weight is 447 g/mol. The summed E-state index contributed by atoms with van der Waals surface area (Å²) in [6, 6.07) is 12.6. The van der Waals surface area contributed by atoms with Gasteiger partial charge in [-0.05, 0) is 61.9 Å². The number of aromatic nitrogens is 2. The van der Waals surface area contributed by atoms with Gasteiger partial charge in [-0.3, -0.25) is 4.79 Å². The number of sulfonamides is 1. The number of carbonyl (C=O) groups excluding carboxylic acids is 1. The molecule has 2 heterocycles. The molecule has 8 nitrogen and oxygen atoms in total. The predicted octanol–water partition coefficient (Wildman–Crippen LogP) is 3.46. The number of halogens is 1. The monoisotopic (exact) mass is 446 g/mol. The van der Waals surface area contributed by atoms with E-state index < -0.39 is 10.0 Å². The molecular weight excluding hydrogens is 428 g/mol. The van der Waals surface area contributed by atoms with Crippen molar-refractivity contribution in [1.29, 1.82) is 0 Å². The van der Waals surface area contributed by atoms with Crippen molar-refractivity contribution in [2.45, 2.75) is 24.2 Å². The first-order chi connectivity index (χ1) is 14.3. The zero-order chi connectivity index (χ0) is 21.3. The van der Waals surface area contributed by atoms with Gasteiger partial charge < -0.3 is 9.84 Å². The van der Waals surface area contributed by atoms with Crippen molar-refractivity contribution in [2.24, 2.45) is 0 Å². The van der Waals surface area contributed by atoms with Crippen LogP contribution >= 0.6 is 11.6 Å². The van der Waals surface area contributed by atoms with Gasteiger partial charge in [0.2, 0.25) is 15.9 Å². The van der Waals surface area contributed by atoms with Crippen LogP contribution in [0.5, 0.6) is 0 Å². The van der Waals surface area contributed by atoms with Crippen LogP contribution in [0.2, 0.25) is 5.02 Å². The highest BCUT2D eigenvalue weighted by molar-refractivity contribution is 7.89. The molecule has 0 bridgehead atoms. The minimum Gasteiger partial charge on any atom is -0.339 e. The number of amides is 1. The third-order valence-electron chi connectivity index (χ3n) is 4.90. The topological polar surface area (TPSA) is 105 Å². The molecule has 0 aliphatic carbocycles. The Balaban J connectivity index is 1.44. The first kappa shape index (κ1) is 20.5. The molecule has 0 saturated carbocycles. The zero-order valence-electron chi connectivity index (χ0n) is 16.1. The second-order valence-corrected chi connectivity index (χ2v) is 9.39. The molecule has 2 aromatic carbocycles. The normalized spacial score (nSPS) is 17.2. The van der Waals surface area contributed by atoms with E-state index >= 15 is 0 Å². The van der Waals surface area contributed by atoms with Crippen LogP contribution in [0.25, 0.3) is 0 Å². The van der Waals surface area contributed by atoms with Crippen LogP contribution in [0.1, 0.15) is 34.4 Å². The van der Waals surface area contributed by atoms with Gasteiger partial charge in [-0.15, -0.1) is 0 Å². The molecule has 10 heteroatoms. The van der Waals surface area contributed by atoms with Crippen LogP contribution in [0, 0.1) is 6.92 Å². The lowest BCUT2D eigenvalue weighted by molar-refractivity contribution is 0.102. The van der Waals surface area contributed by atoms with Crippen LogP contribution < -0.4 is 5.32 Å². The number of benzene rings is 2. The largest absolute Gasteiger partial charge is 0.339 e. The number of carbonyl (C=O) groups is 1. The Morgan fingerprint density at radius 1 is 1.17 bits per heavy atom. The van der Waals surface area contributed by atoms with Gasteiger partial charge in [-0.1, -0.05) is 16.8 Å². The molecule has 1 aliphatic heterocycles. The summed E-state index contributed by atoms with van der Waals surface area (Å²) < 4.78 is 32.5. The summed E-state index contributed by atoms with van der Waals surface area (Å²) in [6.07, 6.45) is 0.621. The van der Waals surface area contributed by atoms with Crippen molar-refractivity contribution in [3.05, 3.63) is 70.8 Å². The van der Waals surface area contributed by atoms with Crippen LogP contribution in [-0.4, -0.2) is 41.9 Å². The first-order valence-corrected chi connectivity index (χ1v) is 11.1. The van der Waals surface area contributed by atoms with E-state index in [0.29, 0.717) is 47.5 Å². The number of hydrogen-bond donors (Lipinski definition) is 1. The first-order valence-electron chi connectivity index (χ1n) is 9.30. The minimum atomic E-state index is -3.66. The summed E-state index contributed by atoms with van der Waals surface area (Å²) in [5.41, 5.74) is 0.949. The van der Waals surface area contributed by atoms with Crippen LogP contribution in [0.4, 0.5) is 5.69 Å². The van der Waals surface area contributed by atoms with E-state index in [1.807, 2.05) is 0 Å². The maximum absolute atomic E-state index is 13.0. The molecule has 1 saturated heterocycles. The third-order valence-corrected chi connectivity index (χ3v) is 7.03. The molecule has 1 aliphatic rings. The van der Waals surface area contributed by atoms with Crippen molar-refractivity contribution in [3.63, 3.8) is 0 Å². The van der Waals surface area contributed by atoms with Gasteiger partial charge in [0.1, 0.15) is 0 Å². The van der Waals surface area contributed by atoms with Crippen molar-refractivity contribution in [1.82, 2.24) is 14.4 Å². The maximum Gasteiger partial charge on any atom is 0.255 e. The Morgan fingerprint density at radius 2 is 1.87 bits per heavy atom. The van der Waals surface area contributed by atoms with E-state index in [0.717, 1.165) is 0 Å². The van der Waals surface area contributed by atoms with Gasteiger partial charge in [0.25, 0.3) is 5.91 Å². The van der Waals surface area contributed by atoms with Gasteiger partial charge in [-0.25, -0.2) is 8.42 Å². The van der Waals surface area contributed by atoms with Crippen LogP contribution in [0.3, 0.4) is 0 Å². The number of hydrogen-bond acceptors (Lipinski definition) is 6. The van der Waals surface area contributed by atoms with E-state index in [4.69, 9.17) is 16.1 Å². The van der Waals surface area contributed by atoms with E-state index in [-0.39, 0.29) is 16.7 Å². The highest BCUT2D eigenvalue weighted by atomic mass is 35.5. The standard InChI is InChI=1S/C20H19ClN4O4S/c1-13-22-20(29-24-13)15-10-11-25(12-15)30(27,28)18-8-6-17(7-9-18)23-19(26)14-2-4-16(21)5-3-14/h2-9,15H,10-12H2,1H3,(H,23,26). The molecule has 156 valence electrons. The second-order valence-electron chi connectivity index (χ2n) is 7.01. The lowest BCUT2D eigenvalue weighted by atomic mass is 10.1. The third kappa shape index (κ3) is 4.23. The highest BCUT2D eigenvalue weighted by Gasteiger charge is 2.35. The van der Waals surface area contributed by atoms with Gasteiger partial charge in [0.05, 0.1) is 10.8 Å². The fourth-order valence-corrected chi connectivity index (χ4v) is 4.92. The Bertz CT molecular complexity index is 1160. The summed E-state index contributed by atoms with van der Waals surface area (Å²) >= 11 is 5.83. The molecule has 0 radical (unpaired) electrons. The number of aryl methyl sites for hydroxylation is 1. The van der Waals surface area contributed by atoms with Gasteiger partial charge in [-0.2, -0.15) is 9.29 Å². The van der Waals surface area contributed by atoms with Crippen LogP contribution in [-0.2, 0) is 10.0 Å². The molecule has 1 atom stereocenters. The van der Waals surface area contributed by atoms with Crippen LogP contribution in [0.15, 0.2) is 57.9 Å². The van der Waals surface area contributed by atoms with Gasteiger partial charge in [0.15, 0.2) is 5.82 Å². The minimum absolute atomic E-state index is 0.112. The SMILES string of the molecule is Cc1noc(C2CCN(S(=O)(=O)c3ccc(NC(=O)c4ccc(Cl)cc4)cc3)C2)n1. The number of rotatable bonds is 5. The smallest absolute Gasteiger partial charge is 0.255 e. The number of nitrogens with zero attached hydrogens (tertiary/aromatic N) is 3. The zero-order valence-corrected chi connectivity index (χ0v) is 17.7. The van der Waals surface area contributed by atoms with Crippen molar-refractivity contribution in [2.75, 3.05) is 18.4 Å². The van der Waals surface area contributed by atoms with E-state index in [1.165, 1.54) is 16.4 Å². The average Bonchev–Trinajstić information content (AvgIpc) is 3.38. The maximum atomic E-state index is 13.0. The Labute approximate surface area is 178 Å². The van der Waals surface area contributed by atoms with Crippen molar-refractivity contribution in [3.8, 4) is 0 Å². The van der Waals surface area contributed by atoms with Crippen molar-refractivity contribution >= 4 is 33.2 Å². The molecule has 1 amide bonds. The molecule has 1 N–H and O–H groups in total.